The van der Waals surface area contributed by atoms with Crippen LogP contribution in [0.4, 0.5) is 15.1 Å². The number of amides is 1. The fraction of sp³-hybridized carbons (Fsp3) is 0.455. The Kier molecular flexibility index (Phi) is 6.75. The van der Waals surface area contributed by atoms with E-state index >= 15 is 0 Å². The Hall–Kier alpha value is -3.05. The van der Waals surface area contributed by atoms with Crippen LogP contribution in [0.2, 0.25) is 0 Å². The van der Waals surface area contributed by atoms with Gasteiger partial charge in [0.05, 0.1) is 27.5 Å². The first-order chi connectivity index (χ1) is 15.3. The van der Waals surface area contributed by atoms with Gasteiger partial charge in [0.1, 0.15) is 16.4 Å². The smallest absolute Gasteiger partial charge is 0.341 e. The van der Waals surface area contributed by atoms with E-state index in [2.05, 4.69) is 38.3 Å². The molecular weight excluding hydrogens is 453 g/mol. The summed E-state index contributed by atoms with van der Waals surface area (Å²) in [6, 6.07) is 2.75. The molecule has 1 aromatic carbocycles. The van der Waals surface area contributed by atoms with E-state index in [1.165, 1.54) is 11.3 Å². The summed E-state index contributed by atoms with van der Waals surface area (Å²) in [7, 11) is 0. The number of quaternary nitrogens is 1. The van der Waals surface area contributed by atoms with Crippen molar-refractivity contribution in [2.45, 2.75) is 52.1 Å². The number of nitrogens with zero attached hydrogens (tertiary/aromatic N) is 1. The summed E-state index contributed by atoms with van der Waals surface area (Å²) in [6.45, 7) is 9.56. The lowest BCUT2D eigenvalue weighted by Gasteiger charge is -2.38. The highest BCUT2D eigenvalue weighted by Gasteiger charge is 2.45. The van der Waals surface area contributed by atoms with E-state index in [0.29, 0.717) is 17.0 Å². The van der Waals surface area contributed by atoms with Crippen LogP contribution in [0.1, 0.15) is 55.4 Å². The molecule has 1 amide bonds. The summed E-state index contributed by atoms with van der Waals surface area (Å²) in [5.74, 6) is -2.25. The Labute approximate surface area is 194 Å². The standard InChI is InChI=1S/C22H26FN3O6S/c1-6-31-20(28)17-13-10-21(2,3)25-22(4,5)18(13)33-19(17)24-16(27)11-32-15-9-12(23)7-8-14(15)26(29)30/h7-9,25H,6,10-11H2,1-5H3,(H,24,27)/p+1. The molecule has 0 atom stereocenters. The zero-order valence-corrected chi connectivity index (χ0v) is 19.9. The highest BCUT2D eigenvalue weighted by Crippen LogP contribution is 2.42. The summed E-state index contributed by atoms with van der Waals surface area (Å²) in [5.41, 5.74) is 0.205. The molecule has 11 heteroatoms. The van der Waals surface area contributed by atoms with Crippen molar-refractivity contribution in [2.24, 2.45) is 0 Å². The van der Waals surface area contributed by atoms with Crippen molar-refractivity contribution in [3.63, 3.8) is 0 Å². The maximum atomic E-state index is 13.5. The average Bonchev–Trinajstić information content (AvgIpc) is 3.03. The number of carbonyl (C=O) groups is 2. The number of nitrogens with one attached hydrogen (secondary N) is 1. The van der Waals surface area contributed by atoms with E-state index in [1.807, 2.05) is 0 Å². The van der Waals surface area contributed by atoms with Gasteiger partial charge in [-0.1, -0.05) is 0 Å². The van der Waals surface area contributed by atoms with Gasteiger partial charge in [-0.25, -0.2) is 9.18 Å². The predicted octanol–water partition coefficient (Wildman–Crippen LogP) is 3.12. The Bertz CT molecular complexity index is 1110. The molecule has 1 aliphatic heterocycles. The van der Waals surface area contributed by atoms with Crippen molar-refractivity contribution < 1.29 is 33.7 Å². The SMILES string of the molecule is CCOC(=O)c1c(NC(=O)COc2cc(F)ccc2[N+](=O)[O-])sc2c1CC(C)(C)[NH2+]C2(C)C. The second kappa shape index (κ2) is 9.06. The van der Waals surface area contributed by atoms with Crippen molar-refractivity contribution >= 4 is 33.9 Å². The lowest BCUT2D eigenvalue weighted by molar-refractivity contribution is -0.789. The molecule has 33 heavy (non-hydrogen) atoms. The van der Waals surface area contributed by atoms with Crippen LogP contribution < -0.4 is 15.4 Å². The molecule has 0 saturated heterocycles. The highest BCUT2D eigenvalue weighted by atomic mass is 32.1. The molecule has 0 radical (unpaired) electrons. The molecule has 3 N–H and O–H groups in total. The van der Waals surface area contributed by atoms with Crippen LogP contribution in [-0.4, -0.2) is 35.6 Å². The van der Waals surface area contributed by atoms with Crippen molar-refractivity contribution in [3.05, 3.63) is 50.1 Å². The minimum absolute atomic E-state index is 0.167. The Morgan fingerprint density at radius 3 is 2.64 bits per heavy atom. The van der Waals surface area contributed by atoms with Crippen molar-refractivity contribution in [3.8, 4) is 5.75 Å². The van der Waals surface area contributed by atoms with Gasteiger partial charge in [-0.15, -0.1) is 11.3 Å². The minimum Gasteiger partial charge on any atom is -0.477 e. The van der Waals surface area contributed by atoms with Crippen LogP contribution >= 0.6 is 11.3 Å². The van der Waals surface area contributed by atoms with Crippen LogP contribution in [0.5, 0.6) is 5.75 Å². The molecule has 2 heterocycles. The van der Waals surface area contributed by atoms with E-state index in [9.17, 15) is 24.1 Å². The molecule has 0 fully saturated rings. The normalized spacial score (nSPS) is 15.9. The predicted molar refractivity (Wildman–Crippen MR) is 120 cm³/mol. The number of halogens is 1. The van der Waals surface area contributed by atoms with Crippen LogP contribution in [0.25, 0.3) is 0 Å². The Morgan fingerprint density at radius 1 is 1.30 bits per heavy atom. The number of nitro benzene ring substituents is 1. The molecule has 0 spiro atoms. The number of thiophene rings is 1. The monoisotopic (exact) mass is 480 g/mol. The topological polar surface area (TPSA) is 124 Å². The quantitative estimate of drug-likeness (QED) is 0.356. The number of fused-ring (bicyclic) bond motifs is 1. The number of nitrogens with two attached hydrogens (primary N) is 1. The number of hydrogen-bond donors (Lipinski definition) is 2. The number of hydrogen-bond acceptors (Lipinski definition) is 7. The van der Waals surface area contributed by atoms with Gasteiger partial charge >= 0.3 is 11.7 Å². The Balaban J connectivity index is 1.89. The van der Waals surface area contributed by atoms with Gasteiger partial charge in [0.25, 0.3) is 5.91 Å². The third-order valence-corrected chi connectivity index (χ3v) is 6.67. The summed E-state index contributed by atoms with van der Waals surface area (Å²) in [5, 5.41) is 16.4. The maximum absolute atomic E-state index is 13.5. The van der Waals surface area contributed by atoms with E-state index < -0.39 is 34.9 Å². The molecule has 3 rings (SSSR count). The number of rotatable bonds is 7. The first-order valence-corrected chi connectivity index (χ1v) is 11.2. The third kappa shape index (κ3) is 5.31. The van der Waals surface area contributed by atoms with Crippen LogP contribution in [0.15, 0.2) is 18.2 Å². The lowest BCUT2D eigenvalue weighted by atomic mass is 9.81. The number of carbonyl (C=O) groups excluding carboxylic acids is 2. The Morgan fingerprint density at radius 2 is 2.00 bits per heavy atom. The number of anilines is 1. The largest absolute Gasteiger partial charge is 0.477 e. The molecular formula is C22H27FN3O6S+. The van der Waals surface area contributed by atoms with Gasteiger partial charge in [-0.3, -0.25) is 14.9 Å². The van der Waals surface area contributed by atoms with E-state index in [-0.39, 0.29) is 23.4 Å². The van der Waals surface area contributed by atoms with E-state index in [4.69, 9.17) is 9.47 Å². The third-order valence-electron chi connectivity index (χ3n) is 5.19. The van der Waals surface area contributed by atoms with Crippen LogP contribution in [0, 0.1) is 15.9 Å². The van der Waals surface area contributed by atoms with E-state index in [1.54, 1.807) is 6.92 Å². The van der Waals surface area contributed by atoms with Gasteiger partial charge in [0, 0.05) is 18.6 Å². The molecule has 1 aromatic heterocycles. The molecule has 0 unspecified atom stereocenters. The van der Waals surface area contributed by atoms with Gasteiger partial charge in [0.15, 0.2) is 6.61 Å². The van der Waals surface area contributed by atoms with Crippen molar-refractivity contribution in [2.75, 3.05) is 18.5 Å². The summed E-state index contributed by atoms with van der Waals surface area (Å²) in [6.07, 6.45) is 0.609. The number of nitro groups is 1. The summed E-state index contributed by atoms with van der Waals surface area (Å²) < 4.78 is 24.0. The summed E-state index contributed by atoms with van der Waals surface area (Å²) >= 11 is 1.30. The zero-order chi connectivity index (χ0) is 24.6. The van der Waals surface area contributed by atoms with Crippen molar-refractivity contribution in [1.82, 2.24) is 0 Å². The number of ether oxygens (including phenoxy) is 2. The van der Waals surface area contributed by atoms with Crippen molar-refractivity contribution in [1.29, 1.82) is 0 Å². The fourth-order valence-corrected chi connectivity index (χ4v) is 5.57. The van der Waals surface area contributed by atoms with Crippen LogP contribution in [0.3, 0.4) is 0 Å². The highest BCUT2D eigenvalue weighted by molar-refractivity contribution is 7.17. The first kappa shape index (κ1) is 24.6. The van der Waals surface area contributed by atoms with E-state index in [0.717, 1.165) is 28.6 Å². The molecule has 1 aliphatic rings. The van der Waals surface area contributed by atoms with Crippen LogP contribution in [-0.2, 0) is 21.5 Å². The van der Waals surface area contributed by atoms with Gasteiger partial charge in [-0.2, -0.15) is 0 Å². The van der Waals surface area contributed by atoms with Gasteiger partial charge in [0.2, 0.25) is 5.75 Å². The molecule has 0 aliphatic carbocycles. The van der Waals surface area contributed by atoms with Gasteiger partial charge < -0.3 is 20.1 Å². The molecule has 0 bridgehead atoms. The average molecular weight is 481 g/mol. The number of esters is 1. The maximum Gasteiger partial charge on any atom is 0.341 e. The molecule has 2 aromatic rings. The van der Waals surface area contributed by atoms with Gasteiger partial charge in [-0.05, 0) is 46.2 Å². The molecule has 9 nitrogen and oxygen atoms in total. The summed E-state index contributed by atoms with van der Waals surface area (Å²) in [4.78, 5) is 36.8. The molecule has 0 saturated carbocycles. The minimum atomic E-state index is -0.729. The molecule has 178 valence electrons. The zero-order valence-electron chi connectivity index (χ0n) is 19.1. The second-order valence-corrected chi connectivity index (χ2v) is 10.1. The fourth-order valence-electron chi connectivity index (χ4n) is 4.27. The first-order valence-electron chi connectivity index (χ1n) is 10.4. The second-order valence-electron chi connectivity index (χ2n) is 9.07. The lowest BCUT2D eigenvalue weighted by Crippen LogP contribution is -3.03. The number of benzene rings is 1.